The molecule has 1 fully saturated rings. The van der Waals surface area contributed by atoms with Gasteiger partial charge in [0.2, 0.25) is 5.91 Å². The van der Waals surface area contributed by atoms with E-state index in [1.807, 2.05) is 24.3 Å². The van der Waals surface area contributed by atoms with Gasteiger partial charge in [-0.2, -0.15) is 0 Å². The second-order valence-electron chi connectivity index (χ2n) is 4.65. The van der Waals surface area contributed by atoms with Crippen LogP contribution in [0.3, 0.4) is 0 Å². The zero-order valence-electron chi connectivity index (χ0n) is 10.1. The predicted octanol–water partition coefficient (Wildman–Crippen LogP) is 3.33. The first-order valence-electron chi connectivity index (χ1n) is 5.93. The van der Waals surface area contributed by atoms with Gasteiger partial charge in [-0.15, -0.1) is 12.4 Å². The number of nitrogens with one attached hydrogen (secondary N) is 1. The Kier molecular flexibility index (Phi) is 5.63. The van der Waals surface area contributed by atoms with E-state index in [0.717, 1.165) is 35.8 Å². The number of halogens is 2. The molecular formula is C13H18BrClN2O. The van der Waals surface area contributed by atoms with Crippen LogP contribution in [0.4, 0.5) is 5.69 Å². The molecule has 100 valence electrons. The van der Waals surface area contributed by atoms with Gasteiger partial charge in [0, 0.05) is 16.7 Å². The molecule has 0 radical (unpaired) electrons. The van der Waals surface area contributed by atoms with Crippen LogP contribution in [0.25, 0.3) is 0 Å². The molecule has 2 rings (SSSR count). The molecule has 3 nitrogen and oxygen atoms in total. The van der Waals surface area contributed by atoms with Gasteiger partial charge in [0.25, 0.3) is 0 Å². The monoisotopic (exact) mass is 332 g/mol. The minimum atomic E-state index is -0.340. The fourth-order valence-corrected chi connectivity index (χ4v) is 2.64. The first-order valence-corrected chi connectivity index (χ1v) is 6.73. The molecule has 1 aromatic rings. The van der Waals surface area contributed by atoms with E-state index < -0.39 is 0 Å². The molecular weight excluding hydrogens is 316 g/mol. The number of benzene rings is 1. The summed E-state index contributed by atoms with van der Waals surface area (Å²) < 4.78 is 1.00. The van der Waals surface area contributed by atoms with Crippen molar-refractivity contribution in [3.05, 3.63) is 28.7 Å². The molecule has 1 aliphatic carbocycles. The highest BCUT2D eigenvalue weighted by Gasteiger charge is 2.39. The predicted molar refractivity (Wildman–Crippen MR) is 80.0 cm³/mol. The highest BCUT2D eigenvalue weighted by molar-refractivity contribution is 9.10. The third-order valence-corrected chi connectivity index (χ3v) is 4.06. The van der Waals surface area contributed by atoms with Crippen LogP contribution in [-0.4, -0.2) is 12.5 Å². The summed E-state index contributed by atoms with van der Waals surface area (Å²) in [4.78, 5) is 12.2. The quantitative estimate of drug-likeness (QED) is 0.891. The van der Waals surface area contributed by atoms with Gasteiger partial charge in [0.05, 0.1) is 5.41 Å². The lowest BCUT2D eigenvalue weighted by Crippen LogP contribution is -2.40. The van der Waals surface area contributed by atoms with Gasteiger partial charge in [-0.3, -0.25) is 4.79 Å². The van der Waals surface area contributed by atoms with Crippen molar-refractivity contribution in [2.45, 2.75) is 25.7 Å². The minimum Gasteiger partial charge on any atom is -0.329 e. The number of amides is 1. The highest BCUT2D eigenvalue weighted by Crippen LogP contribution is 2.38. The van der Waals surface area contributed by atoms with Gasteiger partial charge in [0.1, 0.15) is 0 Å². The van der Waals surface area contributed by atoms with Crippen LogP contribution in [0.15, 0.2) is 28.7 Å². The lowest BCUT2D eigenvalue weighted by Gasteiger charge is -2.25. The largest absolute Gasteiger partial charge is 0.329 e. The summed E-state index contributed by atoms with van der Waals surface area (Å²) >= 11 is 3.37. The molecule has 0 saturated heterocycles. The average molecular weight is 334 g/mol. The second kappa shape index (κ2) is 6.55. The molecule has 0 spiro atoms. The second-order valence-corrected chi connectivity index (χ2v) is 5.57. The van der Waals surface area contributed by atoms with Crippen molar-refractivity contribution in [3.63, 3.8) is 0 Å². The summed E-state index contributed by atoms with van der Waals surface area (Å²) in [6, 6.07) is 7.61. The molecule has 1 amide bonds. The number of rotatable bonds is 3. The third kappa shape index (κ3) is 3.25. The average Bonchev–Trinajstić information content (AvgIpc) is 2.82. The standard InChI is InChI=1S/C13H17BrN2O.ClH/c14-10-3-5-11(6-4-10)16-12(17)13(9-15)7-1-2-8-13;/h3-6H,1-2,7-9,15H2,(H,16,17);1H. The first kappa shape index (κ1) is 15.5. The zero-order chi connectivity index (χ0) is 12.3. The Labute approximate surface area is 122 Å². The summed E-state index contributed by atoms with van der Waals surface area (Å²) in [5.74, 6) is 0.0693. The zero-order valence-corrected chi connectivity index (χ0v) is 12.5. The number of hydrogen-bond donors (Lipinski definition) is 2. The van der Waals surface area contributed by atoms with Crippen molar-refractivity contribution in [2.75, 3.05) is 11.9 Å². The molecule has 18 heavy (non-hydrogen) atoms. The van der Waals surface area contributed by atoms with E-state index >= 15 is 0 Å². The third-order valence-electron chi connectivity index (χ3n) is 3.54. The lowest BCUT2D eigenvalue weighted by molar-refractivity contribution is -0.124. The Bertz CT molecular complexity index is 402. The molecule has 1 saturated carbocycles. The van der Waals surface area contributed by atoms with Crippen LogP contribution in [0.1, 0.15) is 25.7 Å². The summed E-state index contributed by atoms with van der Waals surface area (Å²) in [7, 11) is 0. The molecule has 0 aliphatic heterocycles. The highest BCUT2D eigenvalue weighted by atomic mass is 79.9. The van der Waals surface area contributed by atoms with Crippen molar-refractivity contribution in [1.82, 2.24) is 0 Å². The smallest absolute Gasteiger partial charge is 0.231 e. The SMILES string of the molecule is Cl.NCC1(C(=O)Nc2ccc(Br)cc2)CCCC1. The normalized spacial score (nSPS) is 17.0. The lowest BCUT2D eigenvalue weighted by atomic mass is 9.85. The number of carbonyl (C=O) groups excluding carboxylic acids is 1. The van der Waals surface area contributed by atoms with Gasteiger partial charge in [0.15, 0.2) is 0 Å². The Morgan fingerprint density at radius 2 is 1.83 bits per heavy atom. The minimum absolute atomic E-state index is 0. The summed E-state index contributed by atoms with van der Waals surface area (Å²) in [6.07, 6.45) is 4.02. The van der Waals surface area contributed by atoms with Crippen LogP contribution >= 0.6 is 28.3 Å². The van der Waals surface area contributed by atoms with Crippen molar-refractivity contribution < 1.29 is 4.79 Å². The van der Waals surface area contributed by atoms with Crippen molar-refractivity contribution in [1.29, 1.82) is 0 Å². The Morgan fingerprint density at radius 1 is 1.28 bits per heavy atom. The maximum Gasteiger partial charge on any atom is 0.231 e. The molecule has 0 bridgehead atoms. The van der Waals surface area contributed by atoms with Gasteiger partial charge in [-0.05, 0) is 37.1 Å². The maximum atomic E-state index is 12.2. The number of hydrogen-bond acceptors (Lipinski definition) is 2. The fourth-order valence-electron chi connectivity index (χ4n) is 2.37. The Balaban J connectivity index is 0.00000162. The summed E-state index contributed by atoms with van der Waals surface area (Å²) in [6.45, 7) is 0.440. The van der Waals surface area contributed by atoms with E-state index in [4.69, 9.17) is 5.73 Å². The van der Waals surface area contributed by atoms with Crippen molar-refractivity contribution in [2.24, 2.45) is 11.1 Å². The molecule has 0 heterocycles. The van der Waals surface area contributed by atoms with E-state index in [-0.39, 0.29) is 23.7 Å². The Hall–Kier alpha value is -0.580. The van der Waals surface area contributed by atoms with Crippen LogP contribution in [0.5, 0.6) is 0 Å². The van der Waals surface area contributed by atoms with Gasteiger partial charge < -0.3 is 11.1 Å². The number of carbonyl (C=O) groups is 1. The van der Waals surface area contributed by atoms with Gasteiger partial charge >= 0.3 is 0 Å². The Morgan fingerprint density at radius 3 is 2.33 bits per heavy atom. The fraction of sp³-hybridized carbons (Fsp3) is 0.462. The van der Waals surface area contributed by atoms with E-state index in [2.05, 4.69) is 21.2 Å². The van der Waals surface area contributed by atoms with Crippen molar-refractivity contribution in [3.8, 4) is 0 Å². The van der Waals surface area contributed by atoms with Crippen LogP contribution < -0.4 is 11.1 Å². The summed E-state index contributed by atoms with van der Waals surface area (Å²) in [5, 5.41) is 2.96. The van der Waals surface area contributed by atoms with E-state index in [0.29, 0.717) is 6.54 Å². The van der Waals surface area contributed by atoms with E-state index in [1.165, 1.54) is 0 Å². The molecule has 3 N–H and O–H groups in total. The summed E-state index contributed by atoms with van der Waals surface area (Å²) in [5.41, 5.74) is 6.27. The molecule has 0 aromatic heterocycles. The maximum absolute atomic E-state index is 12.2. The van der Waals surface area contributed by atoms with E-state index in [9.17, 15) is 4.79 Å². The topological polar surface area (TPSA) is 55.1 Å². The van der Waals surface area contributed by atoms with Crippen LogP contribution in [-0.2, 0) is 4.79 Å². The van der Waals surface area contributed by atoms with Gasteiger partial charge in [-0.25, -0.2) is 0 Å². The number of nitrogens with two attached hydrogens (primary N) is 1. The molecule has 5 heteroatoms. The van der Waals surface area contributed by atoms with E-state index in [1.54, 1.807) is 0 Å². The number of anilines is 1. The molecule has 1 aliphatic rings. The molecule has 0 unspecified atom stereocenters. The molecule has 0 atom stereocenters. The van der Waals surface area contributed by atoms with Crippen LogP contribution in [0, 0.1) is 5.41 Å². The first-order chi connectivity index (χ1) is 8.16. The van der Waals surface area contributed by atoms with Crippen molar-refractivity contribution >= 4 is 39.9 Å². The van der Waals surface area contributed by atoms with Gasteiger partial charge in [-0.1, -0.05) is 28.8 Å². The molecule has 1 aromatic carbocycles. The van der Waals surface area contributed by atoms with Crippen LogP contribution in [0.2, 0.25) is 0 Å².